The molecule has 1 N–H and O–H groups in total. The Hall–Kier alpha value is -2.37. The first kappa shape index (κ1) is 16.1. The molecule has 6 heteroatoms. The van der Waals surface area contributed by atoms with Crippen LogP contribution in [0.5, 0.6) is 5.75 Å². The lowest BCUT2D eigenvalue weighted by molar-refractivity contribution is 0.415. The van der Waals surface area contributed by atoms with E-state index in [2.05, 4.69) is 22.8 Å². The summed E-state index contributed by atoms with van der Waals surface area (Å²) in [5.74, 6) is 1.36. The Labute approximate surface area is 154 Å². The molecule has 25 heavy (non-hydrogen) atoms. The molecule has 0 atom stereocenters. The smallest absolute Gasteiger partial charge is 0.153 e. The second-order valence-electron chi connectivity index (χ2n) is 5.57. The summed E-state index contributed by atoms with van der Waals surface area (Å²) in [7, 11) is 1.59. The Morgan fingerprint density at radius 1 is 1.16 bits per heavy atom. The summed E-state index contributed by atoms with van der Waals surface area (Å²) in [4.78, 5) is 9.63. The van der Waals surface area contributed by atoms with Crippen LogP contribution in [0.3, 0.4) is 0 Å². The number of nitrogens with zero attached hydrogens (tertiary/aromatic N) is 2. The Kier molecular flexibility index (Phi) is 4.19. The van der Waals surface area contributed by atoms with Gasteiger partial charge in [-0.1, -0.05) is 29.8 Å². The number of rotatable bonds is 4. The molecule has 0 radical (unpaired) electrons. The second kappa shape index (κ2) is 6.50. The minimum Gasteiger partial charge on any atom is -0.495 e. The van der Waals surface area contributed by atoms with Crippen LogP contribution in [0.15, 0.2) is 41.8 Å². The highest BCUT2D eigenvalue weighted by atomic mass is 35.5. The molecule has 4 nitrogen and oxygen atoms in total. The first-order valence-corrected chi connectivity index (χ1v) is 9.22. The van der Waals surface area contributed by atoms with Gasteiger partial charge in [-0.3, -0.25) is 0 Å². The molecular weight excluding hydrogens is 354 g/mol. The number of ether oxygens (including phenoxy) is 1. The van der Waals surface area contributed by atoms with Crippen molar-refractivity contribution >= 4 is 49.9 Å². The van der Waals surface area contributed by atoms with Gasteiger partial charge in [0.15, 0.2) is 5.82 Å². The van der Waals surface area contributed by atoms with Gasteiger partial charge in [-0.25, -0.2) is 9.97 Å². The van der Waals surface area contributed by atoms with Crippen molar-refractivity contribution in [3.8, 4) is 17.0 Å². The van der Waals surface area contributed by atoms with Crippen LogP contribution in [0.1, 0.15) is 6.92 Å². The Morgan fingerprint density at radius 3 is 2.76 bits per heavy atom. The SMILES string of the molecule is CCNc1nc2cc(OC)c(Cl)cc2nc1-c1csc2ccccc12. The van der Waals surface area contributed by atoms with Gasteiger partial charge in [-0.15, -0.1) is 11.3 Å². The lowest BCUT2D eigenvalue weighted by atomic mass is 10.1. The van der Waals surface area contributed by atoms with E-state index in [0.717, 1.165) is 34.7 Å². The summed E-state index contributed by atoms with van der Waals surface area (Å²) < 4.78 is 6.53. The quantitative estimate of drug-likeness (QED) is 0.508. The van der Waals surface area contributed by atoms with Crippen molar-refractivity contribution in [1.29, 1.82) is 0 Å². The van der Waals surface area contributed by atoms with E-state index in [1.54, 1.807) is 24.5 Å². The van der Waals surface area contributed by atoms with E-state index in [4.69, 9.17) is 26.3 Å². The van der Waals surface area contributed by atoms with E-state index in [-0.39, 0.29) is 0 Å². The summed E-state index contributed by atoms with van der Waals surface area (Å²) in [5, 5.41) is 7.17. The molecule has 0 unspecified atom stereocenters. The molecule has 2 aromatic heterocycles. The van der Waals surface area contributed by atoms with Crippen molar-refractivity contribution < 1.29 is 4.74 Å². The van der Waals surface area contributed by atoms with Crippen LogP contribution >= 0.6 is 22.9 Å². The van der Waals surface area contributed by atoms with Crippen molar-refractivity contribution in [3.05, 3.63) is 46.8 Å². The molecule has 2 aromatic carbocycles. The minimum absolute atomic E-state index is 0.529. The number of benzene rings is 2. The van der Waals surface area contributed by atoms with Gasteiger partial charge in [0.25, 0.3) is 0 Å². The van der Waals surface area contributed by atoms with Gasteiger partial charge in [-0.2, -0.15) is 0 Å². The number of anilines is 1. The standard InChI is InChI=1S/C19H16ClN3OS/c1-3-21-19-18(12-10-25-17-7-5-4-6-11(12)17)22-14-8-13(20)16(24-2)9-15(14)23-19/h4-10H,3H2,1-2H3,(H,21,23). The topological polar surface area (TPSA) is 47.0 Å². The van der Waals surface area contributed by atoms with Gasteiger partial charge in [0.1, 0.15) is 11.4 Å². The van der Waals surface area contributed by atoms with Crippen LogP contribution in [0, 0.1) is 0 Å². The highest BCUT2D eigenvalue weighted by Crippen LogP contribution is 2.37. The summed E-state index contributed by atoms with van der Waals surface area (Å²) in [6, 6.07) is 11.9. The van der Waals surface area contributed by atoms with E-state index in [0.29, 0.717) is 10.8 Å². The maximum Gasteiger partial charge on any atom is 0.153 e. The fourth-order valence-corrected chi connectivity index (χ4v) is 4.03. The van der Waals surface area contributed by atoms with E-state index < -0.39 is 0 Å². The van der Waals surface area contributed by atoms with E-state index in [1.165, 1.54) is 10.1 Å². The van der Waals surface area contributed by atoms with Gasteiger partial charge in [0, 0.05) is 33.6 Å². The molecule has 126 valence electrons. The molecule has 0 fully saturated rings. The molecular formula is C19H16ClN3OS. The van der Waals surface area contributed by atoms with Gasteiger partial charge >= 0.3 is 0 Å². The lowest BCUT2D eigenvalue weighted by Crippen LogP contribution is -2.04. The van der Waals surface area contributed by atoms with Crippen LogP contribution in [-0.2, 0) is 0 Å². The maximum absolute atomic E-state index is 6.27. The van der Waals surface area contributed by atoms with Crippen LogP contribution in [-0.4, -0.2) is 23.6 Å². The van der Waals surface area contributed by atoms with Crippen LogP contribution < -0.4 is 10.1 Å². The minimum atomic E-state index is 0.529. The van der Waals surface area contributed by atoms with Crippen molar-refractivity contribution in [2.24, 2.45) is 0 Å². The largest absolute Gasteiger partial charge is 0.495 e. The Balaban J connectivity index is 1.99. The third-order valence-corrected chi connectivity index (χ3v) is 5.28. The first-order valence-electron chi connectivity index (χ1n) is 7.97. The number of methoxy groups -OCH3 is 1. The van der Waals surface area contributed by atoms with Gasteiger partial charge in [0.05, 0.1) is 23.2 Å². The summed E-state index contributed by atoms with van der Waals surface area (Å²) in [6.07, 6.45) is 0. The van der Waals surface area contributed by atoms with Gasteiger partial charge in [0.2, 0.25) is 0 Å². The predicted molar refractivity (Wildman–Crippen MR) is 106 cm³/mol. The molecule has 2 heterocycles. The normalized spacial score (nSPS) is 11.2. The highest BCUT2D eigenvalue weighted by molar-refractivity contribution is 7.17. The summed E-state index contributed by atoms with van der Waals surface area (Å²) in [6.45, 7) is 2.81. The molecule has 4 aromatic rings. The number of fused-ring (bicyclic) bond motifs is 2. The average molecular weight is 370 g/mol. The number of hydrogen-bond donors (Lipinski definition) is 1. The number of nitrogens with one attached hydrogen (secondary N) is 1. The molecule has 0 spiro atoms. The molecule has 4 rings (SSSR count). The van der Waals surface area contributed by atoms with Crippen molar-refractivity contribution in [3.63, 3.8) is 0 Å². The number of hydrogen-bond acceptors (Lipinski definition) is 5. The van der Waals surface area contributed by atoms with Crippen LogP contribution in [0.4, 0.5) is 5.82 Å². The van der Waals surface area contributed by atoms with E-state index >= 15 is 0 Å². The van der Waals surface area contributed by atoms with Crippen molar-refractivity contribution in [1.82, 2.24) is 9.97 Å². The first-order chi connectivity index (χ1) is 12.2. The second-order valence-corrected chi connectivity index (χ2v) is 6.89. The Bertz CT molecular complexity index is 1080. The third kappa shape index (κ3) is 2.79. The van der Waals surface area contributed by atoms with Gasteiger partial charge < -0.3 is 10.1 Å². The molecule has 0 aliphatic heterocycles. The maximum atomic E-state index is 6.27. The number of halogens is 1. The van der Waals surface area contributed by atoms with Crippen molar-refractivity contribution in [2.75, 3.05) is 19.0 Å². The van der Waals surface area contributed by atoms with Crippen LogP contribution in [0.25, 0.3) is 32.4 Å². The number of thiophene rings is 1. The predicted octanol–water partition coefficient (Wildman–Crippen LogP) is 5.61. The van der Waals surface area contributed by atoms with E-state index in [9.17, 15) is 0 Å². The van der Waals surface area contributed by atoms with Crippen molar-refractivity contribution in [2.45, 2.75) is 6.92 Å². The molecule has 0 saturated heterocycles. The molecule has 0 aliphatic carbocycles. The highest BCUT2D eigenvalue weighted by Gasteiger charge is 2.16. The molecule has 0 aliphatic rings. The number of aromatic nitrogens is 2. The lowest BCUT2D eigenvalue weighted by Gasteiger charge is -2.12. The summed E-state index contributed by atoms with van der Waals surface area (Å²) >= 11 is 7.98. The fraction of sp³-hybridized carbons (Fsp3) is 0.158. The summed E-state index contributed by atoms with van der Waals surface area (Å²) in [5.41, 5.74) is 3.42. The Morgan fingerprint density at radius 2 is 1.96 bits per heavy atom. The monoisotopic (exact) mass is 369 g/mol. The zero-order valence-corrected chi connectivity index (χ0v) is 15.4. The zero-order valence-electron chi connectivity index (χ0n) is 13.8. The average Bonchev–Trinajstić information content (AvgIpc) is 3.05. The fourth-order valence-electron chi connectivity index (χ4n) is 2.85. The zero-order chi connectivity index (χ0) is 17.4. The molecule has 0 bridgehead atoms. The third-order valence-electron chi connectivity index (χ3n) is 4.02. The van der Waals surface area contributed by atoms with E-state index in [1.807, 2.05) is 25.1 Å². The molecule has 0 amide bonds. The molecule has 0 saturated carbocycles. The van der Waals surface area contributed by atoms with Crippen LogP contribution in [0.2, 0.25) is 5.02 Å². The van der Waals surface area contributed by atoms with Gasteiger partial charge in [-0.05, 0) is 19.1 Å².